The van der Waals surface area contributed by atoms with Crippen LogP contribution in [0.1, 0.15) is 27.4 Å². The zero-order chi connectivity index (χ0) is 14.1. The molecule has 0 aliphatic heterocycles. The van der Waals surface area contributed by atoms with E-state index in [0.717, 1.165) is 13.0 Å². The Balaban J connectivity index is 1.74. The molecule has 0 spiro atoms. The first-order valence-electron chi connectivity index (χ1n) is 6.59. The van der Waals surface area contributed by atoms with Crippen LogP contribution in [0.5, 0.6) is 0 Å². The number of carboxylic acid groups (broad SMARTS) is 1. The molecule has 1 unspecified atom stereocenters. The molecule has 0 bridgehead atoms. The summed E-state index contributed by atoms with van der Waals surface area (Å²) in [5.74, 6) is -0.504. The Morgan fingerprint density at radius 1 is 1.30 bits per heavy atom. The number of benzene rings is 2. The highest BCUT2D eigenvalue weighted by Gasteiger charge is 2.25. The van der Waals surface area contributed by atoms with Crippen molar-refractivity contribution in [1.29, 1.82) is 0 Å². The zero-order valence-corrected chi connectivity index (χ0v) is 11.0. The first-order chi connectivity index (χ1) is 9.65. The van der Waals surface area contributed by atoms with Gasteiger partial charge < -0.3 is 16.2 Å². The third-order valence-corrected chi connectivity index (χ3v) is 3.77. The van der Waals surface area contributed by atoms with Crippen molar-refractivity contribution in [3.63, 3.8) is 0 Å². The van der Waals surface area contributed by atoms with E-state index >= 15 is 0 Å². The van der Waals surface area contributed by atoms with Gasteiger partial charge in [-0.1, -0.05) is 24.3 Å². The number of fused-ring (bicyclic) bond motifs is 1. The van der Waals surface area contributed by atoms with Gasteiger partial charge in [0.15, 0.2) is 0 Å². The van der Waals surface area contributed by atoms with Gasteiger partial charge >= 0.3 is 5.97 Å². The van der Waals surface area contributed by atoms with Gasteiger partial charge in [0, 0.05) is 18.2 Å². The van der Waals surface area contributed by atoms with E-state index in [0.29, 0.717) is 17.3 Å². The van der Waals surface area contributed by atoms with Crippen LogP contribution in [0, 0.1) is 0 Å². The molecule has 0 heterocycles. The van der Waals surface area contributed by atoms with Gasteiger partial charge in [-0.15, -0.1) is 0 Å². The molecule has 4 N–H and O–H groups in total. The lowest BCUT2D eigenvalue weighted by molar-refractivity contribution is 0.0698. The monoisotopic (exact) mass is 268 g/mol. The van der Waals surface area contributed by atoms with Crippen LogP contribution < -0.4 is 11.1 Å². The molecule has 1 aliphatic carbocycles. The predicted octanol–water partition coefficient (Wildman–Crippen LogP) is 2.72. The second-order valence-electron chi connectivity index (χ2n) is 5.09. The number of hydrogen-bond donors (Lipinski definition) is 3. The lowest BCUT2D eigenvalue weighted by atomic mass is 9.77. The fourth-order valence-electron chi connectivity index (χ4n) is 2.67. The van der Waals surface area contributed by atoms with E-state index in [1.807, 2.05) is 12.1 Å². The smallest absolute Gasteiger partial charge is 0.337 e. The predicted molar refractivity (Wildman–Crippen MR) is 79.2 cm³/mol. The maximum Gasteiger partial charge on any atom is 0.337 e. The average molecular weight is 268 g/mol. The van der Waals surface area contributed by atoms with Crippen LogP contribution in [-0.2, 0) is 6.42 Å². The first-order valence-corrected chi connectivity index (χ1v) is 6.59. The second-order valence-corrected chi connectivity index (χ2v) is 5.09. The number of anilines is 2. The molecule has 3 rings (SSSR count). The summed E-state index contributed by atoms with van der Waals surface area (Å²) >= 11 is 0. The van der Waals surface area contributed by atoms with Crippen LogP contribution in [0.2, 0.25) is 0 Å². The molecule has 4 nitrogen and oxygen atoms in total. The SMILES string of the molecule is Nc1ccc(C(=O)O)c(NCC2Cc3ccccc32)c1. The van der Waals surface area contributed by atoms with Crippen LogP contribution in [-0.4, -0.2) is 17.6 Å². The molecule has 0 saturated carbocycles. The number of hydrogen-bond acceptors (Lipinski definition) is 3. The summed E-state index contributed by atoms with van der Waals surface area (Å²) in [6, 6.07) is 13.2. The van der Waals surface area contributed by atoms with E-state index in [2.05, 4.69) is 17.4 Å². The third-order valence-electron chi connectivity index (χ3n) is 3.77. The summed E-state index contributed by atoms with van der Waals surface area (Å²) < 4.78 is 0. The van der Waals surface area contributed by atoms with Gasteiger partial charge in [-0.2, -0.15) is 0 Å². The Bertz CT molecular complexity index is 667. The molecule has 0 fully saturated rings. The van der Waals surface area contributed by atoms with Crippen LogP contribution >= 0.6 is 0 Å². The largest absolute Gasteiger partial charge is 0.478 e. The fraction of sp³-hybridized carbons (Fsp3) is 0.188. The highest BCUT2D eigenvalue weighted by molar-refractivity contribution is 5.95. The van der Waals surface area contributed by atoms with Crippen molar-refractivity contribution >= 4 is 17.3 Å². The number of nitrogen functional groups attached to an aromatic ring is 1. The summed E-state index contributed by atoms with van der Waals surface area (Å²) in [6.07, 6.45) is 1.04. The topological polar surface area (TPSA) is 75.4 Å². The summed E-state index contributed by atoms with van der Waals surface area (Å²) in [6.45, 7) is 0.723. The minimum Gasteiger partial charge on any atom is -0.478 e. The molecule has 2 aromatic rings. The maximum atomic E-state index is 11.2. The van der Waals surface area contributed by atoms with Crippen LogP contribution in [0.15, 0.2) is 42.5 Å². The van der Waals surface area contributed by atoms with Gasteiger partial charge in [-0.25, -0.2) is 4.79 Å². The minimum absolute atomic E-state index is 0.256. The molecule has 0 aromatic heterocycles. The molecular formula is C16H16N2O2. The number of carbonyl (C=O) groups is 1. The number of nitrogens with one attached hydrogen (secondary N) is 1. The van der Waals surface area contributed by atoms with Crippen molar-refractivity contribution in [3.05, 3.63) is 59.2 Å². The Morgan fingerprint density at radius 2 is 2.10 bits per heavy atom. The van der Waals surface area contributed by atoms with Gasteiger partial charge in [-0.05, 0) is 35.7 Å². The molecular weight excluding hydrogens is 252 g/mol. The summed E-state index contributed by atoms with van der Waals surface area (Å²) in [7, 11) is 0. The van der Waals surface area contributed by atoms with Gasteiger partial charge in [0.1, 0.15) is 0 Å². The summed E-state index contributed by atoms with van der Waals surface area (Å²) in [5.41, 5.74) is 9.85. The Hall–Kier alpha value is -2.49. The van der Waals surface area contributed by atoms with Gasteiger partial charge in [-0.3, -0.25) is 0 Å². The van der Waals surface area contributed by atoms with Crippen molar-refractivity contribution in [1.82, 2.24) is 0 Å². The highest BCUT2D eigenvalue weighted by Crippen LogP contribution is 2.35. The quantitative estimate of drug-likeness (QED) is 0.745. The molecule has 1 aliphatic rings. The van der Waals surface area contributed by atoms with E-state index in [4.69, 9.17) is 10.8 Å². The fourth-order valence-corrected chi connectivity index (χ4v) is 2.67. The van der Waals surface area contributed by atoms with Crippen LogP contribution in [0.3, 0.4) is 0 Å². The molecule has 4 heteroatoms. The Labute approximate surface area is 117 Å². The molecule has 20 heavy (non-hydrogen) atoms. The van der Waals surface area contributed by atoms with Crippen molar-refractivity contribution in [2.45, 2.75) is 12.3 Å². The van der Waals surface area contributed by atoms with Crippen molar-refractivity contribution in [2.24, 2.45) is 0 Å². The lowest BCUT2D eigenvalue weighted by Crippen LogP contribution is -2.24. The van der Waals surface area contributed by atoms with E-state index in [-0.39, 0.29) is 5.56 Å². The number of nitrogens with two attached hydrogens (primary N) is 1. The second kappa shape index (κ2) is 4.89. The lowest BCUT2D eigenvalue weighted by Gasteiger charge is -2.30. The summed E-state index contributed by atoms with van der Waals surface area (Å²) in [5, 5.41) is 12.4. The number of aromatic carboxylic acids is 1. The van der Waals surface area contributed by atoms with Crippen LogP contribution in [0.25, 0.3) is 0 Å². The van der Waals surface area contributed by atoms with Crippen molar-refractivity contribution in [2.75, 3.05) is 17.6 Å². The molecule has 2 aromatic carbocycles. The average Bonchev–Trinajstić information content (AvgIpc) is 2.39. The van der Waals surface area contributed by atoms with Crippen LogP contribution in [0.4, 0.5) is 11.4 Å². The Morgan fingerprint density at radius 3 is 2.85 bits per heavy atom. The van der Waals surface area contributed by atoms with E-state index < -0.39 is 5.97 Å². The van der Waals surface area contributed by atoms with Gasteiger partial charge in [0.05, 0.1) is 11.3 Å². The Kier molecular flexibility index (Phi) is 3.06. The van der Waals surface area contributed by atoms with Gasteiger partial charge in [0.2, 0.25) is 0 Å². The van der Waals surface area contributed by atoms with Gasteiger partial charge in [0.25, 0.3) is 0 Å². The summed E-state index contributed by atoms with van der Waals surface area (Å²) in [4.78, 5) is 11.2. The van der Waals surface area contributed by atoms with E-state index in [9.17, 15) is 4.79 Å². The van der Waals surface area contributed by atoms with E-state index in [1.54, 1.807) is 12.1 Å². The minimum atomic E-state index is -0.943. The third kappa shape index (κ3) is 2.20. The molecule has 1 atom stereocenters. The standard InChI is InChI=1S/C16H16N2O2/c17-12-5-6-14(16(19)20)15(8-12)18-9-11-7-10-3-1-2-4-13(10)11/h1-6,8,11,18H,7,9,17H2,(H,19,20). The molecule has 0 amide bonds. The highest BCUT2D eigenvalue weighted by atomic mass is 16.4. The first kappa shape index (κ1) is 12.5. The van der Waals surface area contributed by atoms with Crippen molar-refractivity contribution < 1.29 is 9.90 Å². The molecule has 0 saturated heterocycles. The molecule has 0 radical (unpaired) electrons. The molecule has 102 valence electrons. The number of carboxylic acids is 1. The maximum absolute atomic E-state index is 11.2. The normalized spacial score (nSPS) is 16.1. The van der Waals surface area contributed by atoms with Crippen molar-refractivity contribution in [3.8, 4) is 0 Å². The van der Waals surface area contributed by atoms with E-state index in [1.165, 1.54) is 17.2 Å². The zero-order valence-electron chi connectivity index (χ0n) is 11.0. The number of rotatable bonds is 4.